The number of unbranched alkanes of at least 4 members (excludes halogenated alkanes) is 5. The minimum Gasteiger partial charge on any atom is -0.486 e. The molecule has 0 amide bonds. The van der Waals surface area contributed by atoms with Crippen molar-refractivity contribution in [2.45, 2.75) is 45.4 Å². The van der Waals surface area contributed by atoms with Crippen LogP contribution in [0.25, 0.3) is 0 Å². The van der Waals surface area contributed by atoms with Crippen LogP contribution < -0.4 is 14.2 Å². The number of hydrogen-bond donors (Lipinski definition) is 0. The number of hydrogen-bond acceptors (Lipinski definition) is 5. The summed E-state index contributed by atoms with van der Waals surface area (Å²) < 4.78 is 16.6. The van der Waals surface area contributed by atoms with Crippen LogP contribution in [0.2, 0.25) is 0 Å². The van der Waals surface area contributed by atoms with E-state index in [2.05, 4.69) is 13.5 Å². The van der Waals surface area contributed by atoms with Crippen LogP contribution in [0.15, 0.2) is 61.2 Å². The molecule has 5 nitrogen and oxygen atoms in total. The fourth-order valence-corrected chi connectivity index (χ4v) is 2.74. The van der Waals surface area contributed by atoms with Gasteiger partial charge in [-0.1, -0.05) is 69.9 Å². The van der Waals surface area contributed by atoms with Crippen molar-refractivity contribution in [3.8, 4) is 17.2 Å². The Bertz CT molecular complexity index is 798. The molecule has 2 rings (SSSR count). The highest BCUT2D eigenvalue weighted by molar-refractivity contribution is 5.91. The predicted molar refractivity (Wildman–Crippen MR) is 113 cm³/mol. The van der Waals surface area contributed by atoms with E-state index in [1.807, 2.05) is 6.07 Å². The second-order valence-electron chi connectivity index (χ2n) is 6.58. The van der Waals surface area contributed by atoms with Crippen molar-refractivity contribution in [2.75, 3.05) is 6.61 Å². The quantitative estimate of drug-likeness (QED) is 0.198. The summed E-state index contributed by atoms with van der Waals surface area (Å²) in [5.74, 6) is -0.484. The number of benzene rings is 2. The van der Waals surface area contributed by atoms with E-state index in [4.69, 9.17) is 14.2 Å². The molecule has 0 aliphatic heterocycles. The molecule has 0 atom stereocenters. The van der Waals surface area contributed by atoms with E-state index < -0.39 is 11.9 Å². The number of esters is 2. The van der Waals surface area contributed by atoms with Gasteiger partial charge in [-0.2, -0.15) is 0 Å². The Morgan fingerprint density at radius 2 is 1.52 bits per heavy atom. The van der Waals surface area contributed by atoms with Crippen molar-refractivity contribution < 1.29 is 23.8 Å². The summed E-state index contributed by atoms with van der Waals surface area (Å²) in [6.07, 6.45) is 7.78. The van der Waals surface area contributed by atoms with Gasteiger partial charge in [0, 0.05) is 6.08 Å². The summed E-state index contributed by atoms with van der Waals surface area (Å²) >= 11 is 0. The lowest BCUT2D eigenvalue weighted by atomic mass is 10.1. The van der Waals surface area contributed by atoms with Crippen molar-refractivity contribution >= 4 is 11.9 Å². The standard InChI is InChI=1S/C24H28O5/c1-3-5-6-7-8-12-18-27-23-20(28-22(25)4-2)16-13-17-21(23)29-24(26)19-14-10-9-11-15-19/h4,9-11,13-17H,2-3,5-8,12,18H2,1H3. The summed E-state index contributed by atoms with van der Waals surface area (Å²) in [7, 11) is 0. The fraction of sp³-hybridized carbons (Fsp3) is 0.333. The van der Waals surface area contributed by atoms with Crippen LogP contribution >= 0.6 is 0 Å². The molecule has 154 valence electrons. The van der Waals surface area contributed by atoms with Gasteiger partial charge in [-0.3, -0.25) is 0 Å². The molecule has 0 bridgehead atoms. The van der Waals surface area contributed by atoms with Crippen LogP contribution in [-0.4, -0.2) is 18.5 Å². The zero-order valence-corrected chi connectivity index (χ0v) is 16.9. The molecule has 2 aromatic carbocycles. The minimum absolute atomic E-state index is 0.194. The van der Waals surface area contributed by atoms with Crippen LogP contribution in [0, 0.1) is 0 Å². The zero-order chi connectivity index (χ0) is 20.9. The first-order valence-electron chi connectivity index (χ1n) is 10.0. The van der Waals surface area contributed by atoms with Gasteiger partial charge in [0.2, 0.25) is 5.75 Å². The zero-order valence-electron chi connectivity index (χ0n) is 16.9. The van der Waals surface area contributed by atoms with Gasteiger partial charge in [0.25, 0.3) is 0 Å². The van der Waals surface area contributed by atoms with Gasteiger partial charge >= 0.3 is 11.9 Å². The molecule has 0 saturated heterocycles. The van der Waals surface area contributed by atoms with Crippen molar-refractivity contribution in [1.82, 2.24) is 0 Å². The molecule has 0 fully saturated rings. The third-order valence-electron chi connectivity index (χ3n) is 4.28. The Kier molecular flexibility index (Phi) is 9.49. The molecule has 0 radical (unpaired) electrons. The van der Waals surface area contributed by atoms with E-state index in [9.17, 15) is 9.59 Å². The third kappa shape index (κ3) is 7.45. The van der Waals surface area contributed by atoms with Crippen molar-refractivity contribution in [2.24, 2.45) is 0 Å². The molecule has 2 aromatic rings. The lowest BCUT2D eigenvalue weighted by Gasteiger charge is -2.15. The molecular formula is C24H28O5. The molecule has 0 spiro atoms. The van der Waals surface area contributed by atoms with Crippen LogP contribution in [-0.2, 0) is 4.79 Å². The summed E-state index contributed by atoms with van der Waals surface area (Å²) in [4.78, 5) is 24.1. The minimum atomic E-state index is -0.610. The van der Waals surface area contributed by atoms with Crippen molar-refractivity contribution in [3.05, 3.63) is 66.7 Å². The predicted octanol–water partition coefficient (Wildman–Crippen LogP) is 5.74. The summed E-state index contributed by atoms with van der Waals surface area (Å²) in [6, 6.07) is 13.5. The fourth-order valence-electron chi connectivity index (χ4n) is 2.74. The van der Waals surface area contributed by atoms with Gasteiger partial charge in [0.1, 0.15) is 0 Å². The Labute approximate surface area is 172 Å². The van der Waals surface area contributed by atoms with Crippen LogP contribution in [0.4, 0.5) is 0 Å². The number of carbonyl (C=O) groups is 2. The maximum atomic E-state index is 12.4. The Hall–Kier alpha value is -3.08. The number of para-hydroxylation sites is 1. The van der Waals surface area contributed by atoms with Gasteiger partial charge in [-0.25, -0.2) is 9.59 Å². The number of rotatable bonds is 12. The molecule has 0 aromatic heterocycles. The molecule has 29 heavy (non-hydrogen) atoms. The van der Waals surface area contributed by atoms with E-state index in [0.717, 1.165) is 25.3 Å². The first kappa shape index (κ1) is 22.2. The normalized spacial score (nSPS) is 10.2. The van der Waals surface area contributed by atoms with E-state index in [1.54, 1.807) is 42.5 Å². The molecule has 0 heterocycles. The van der Waals surface area contributed by atoms with Gasteiger partial charge in [-0.15, -0.1) is 0 Å². The highest BCUT2D eigenvalue weighted by Crippen LogP contribution is 2.38. The van der Waals surface area contributed by atoms with Crippen LogP contribution in [0.1, 0.15) is 55.8 Å². The maximum absolute atomic E-state index is 12.4. The number of carbonyl (C=O) groups excluding carboxylic acids is 2. The van der Waals surface area contributed by atoms with E-state index in [1.165, 1.54) is 19.3 Å². The van der Waals surface area contributed by atoms with Crippen molar-refractivity contribution in [1.29, 1.82) is 0 Å². The third-order valence-corrected chi connectivity index (χ3v) is 4.28. The molecular weight excluding hydrogens is 368 g/mol. The molecule has 0 unspecified atom stereocenters. The van der Waals surface area contributed by atoms with Crippen LogP contribution in [0.3, 0.4) is 0 Å². The summed E-state index contributed by atoms with van der Waals surface area (Å²) in [5.41, 5.74) is 0.419. The lowest BCUT2D eigenvalue weighted by molar-refractivity contribution is -0.129. The van der Waals surface area contributed by atoms with Gasteiger partial charge < -0.3 is 14.2 Å². The molecule has 0 N–H and O–H groups in total. The average molecular weight is 396 g/mol. The van der Waals surface area contributed by atoms with Gasteiger partial charge in [0.15, 0.2) is 11.5 Å². The Morgan fingerprint density at radius 3 is 2.21 bits per heavy atom. The summed E-state index contributed by atoms with van der Waals surface area (Å²) in [6.45, 7) is 6.03. The van der Waals surface area contributed by atoms with E-state index in [0.29, 0.717) is 12.2 Å². The SMILES string of the molecule is C=CC(=O)Oc1cccc(OC(=O)c2ccccc2)c1OCCCCCCCC. The second kappa shape index (κ2) is 12.4. The van der Waals surface area contributed by atoms with E-state index in [-0.39, 0.29) is 17.2 Å². The summed E-state index contributed by atoms with van der Waals surface area (Å²) in [5, 5.41) is 0. The highest BCUT2D eigenvalue weighted by Gasteiger charge is 2.18. The average Bonchev–Trinajstić information content (AvgIpc) is 2.75. The second-order valence-corrected chi connectivity index (χ2v) is 6.58. The smallest absolute Gasteiger partial charge is 0.343 e. The topological polar surface area (TPSA) is 61.8 Å². The molecule has 5 heteroatoms. The number of ether oxygens (including phenoxy) is 3. The molecule has 0 saturated carbocycles. The van der Waals surface area contributed by atoms with Gasteiger partial charge in [-0.05, 0) is 30.7 Å². The largest absolute Gasteiger partial charge is 0.486 e. The maximum Gasteiger partial charge on any atom is 0.343 e. The first-order valence-corrected chi connectivity index (χ1v) is 10.0. The van der Waals surface area contributed by atoms with E-state index >= 15 is 0 Å². The molecule has 0 aliphatic carbocycles. The monoisotopic (exact) mass is 396 g/mol. The lowest BCUT2D eigenvalue weighted by Crippen LogP contribution is -2.11. The Balaban J connectivity index is 2.10. The van der Waals surface area contributed by atoms with Crippen LogP contribution in [0.5, 0.6) is 17.2 Å². The van der Waals surface area contributed by atoms with Crippen molar-refractivity contribution in [3.63, 3.8) is 0 Å². The van der Waals surface area contributed by atoms with Gasteiger partial charge in [0.05, 0.1) is 12.2 Å². The first-order chi connectivity index (χ1) is 14.2. The highest BCUT2D eigenvalue weighted by atomic mass is 16.6. The Morgan fingerprint density at radius 1 is 0.862 bits per heavy atom. The molecule has 0 aliphatic rings.